The van der Waals surface area contributed by atoms with Crippen LogP contribution in [-0.2, 0) is 0 Å². The second-order valence-corrected chi connectivity index (χ2v) is 2.33. The largest absolute Gasteiger partial charge is 0.295 e. The number of carbonyl (C=O) groups is 1. The number of hydrogen-bond acceptors (Lipinski definition) is 1. The molecule has 0 radical (unpaired) electrons. The molecule has 1 rings (SSSR count). The van der Waals surface area contributed by atoms with Gasteiger partial charge in [-0.1, -0.05) is 36.4 Å². The van der Waals surface area contributed by atoms with E-state index >= 15 is 0 Å². The number of benzene rings is 1. The molecule has 0 aliphatic carbocycles. The first-order valence-corrected chi connectivity index (χ1v) is 3.85. The van der Waals surface area contributed by atoms with Gasteiger partial charge in [-0.2, -0.15) is 0 Å². The molecule has 1 aromatic carbocycles. The normalized spacial score (nSPS) is 7.83. The number of ketones is 1. The summed E-state index contributed by atoms with van der Waals surface area (Å²) in [6.45, 7) is 6.81. The van der Waals surface area contributed by atoms with Gasteiger partial charge < -0.3 is 0 Å². The maximum absolute atomic E-state index is 10.6. The third-order valence-electron chi connectivity index (χ3n) is 1.18. The minimum absolute atomic E-state index is 0.121. The maximum atomic E-state index is 10.6. The minimum atomic E-state index is 0.121. The zero-order chi connectivity index (χ0) is 9.40. The lowest BCUT2D eigenvalue weighted by Gasteiger charge is -1.89. The standard InChI is InChI=1S/C8H8O.C3H6/c1-7(9)8-5-3-2-4-6-8;1-3-2/h2-6H,1H3;3H,1H2,2H3. The highest BCUT2D eigenvalue weighted by Gasteiger charge is 1.92. The van der Waals surface area contributed by atoms with E-state index in [2.05, 4.69) is 6.58 Å². The average Bonchev–Trinajstić information content (AvgIpc) is 2.07. The highest BCUT2D eigenvalue weighted by Crippen LogP contribution is 1.97. The molecule has 64 valence electrons. The monoisotopic (exact) mass is 162 g/mol. The summed E-state index contributed by atoms with van der Waals surface area (Å²) >= 11 is 0. The third kappa shape index (κ3) is 4.45. The molecule has 1 heteroatoms. The van der Waals surface area contributed by atoms with Gasteiger partial charge in [-0.05, 0) is 13.8 Å². The second kappa shape index (κ2) is 6.35. The first kappa shape index (κ1) is 10.6. The Labute approximate surface area is 73.7 Å². The molecule has 0 unspecified atom stereocenters. The lowest BCUT2D eigenvalue weighted by Crippen LogP contribution is -1.88. The zero-order valence-electron chi connectivity index (χ0n) is 7.58. The molecule has 0 spiro atoms. The summed E-state index contributed by atoms with van der Waals surface area (Å²) in [6, 6.07) is 9.23. The van der Waals surface area contributed by atoms with E-state index in [-0.39, 0.29) is 5.78 Å². The van der Waals surface area contributed by atoms with E-state index in [0.29, 0.717) is 0 Å². The van der Waals surface area contributed by atoms with Crippen LogP contribution in [0.3, 0.4) is 0 Å². The molecule has 0 fully saturated rings. The number of hydrogen-bond donors (Lipinski definition) is 0. The quantitative estimate of drug-likeness (QED) is 0.458. The Hall–Kier alpha value is -1.37. The van der Waals surface area contributed by atoms with Crippen molar-refractivity contribution in [1.29, 1.82) is 0 Å². The second-order valence-electron chi connectivity index (χ2n) is 2.33. The summed E-state index contributed by atoms with van der Waals surface area (Å²) in [5.41, 5.74) is 0.775. The van der Waals surface area contributed by atoms with E-state index in [4.69, 9.17) is 0 Å². The van der Waals surface area contributed by atoms with Crippen LogP contribution in [0.5, 0.6) is 0 Å². The molecule has 0 amide bonds. The molecule has 0 aliphatic heterocycles. The van der Waals surface area contributed by atoms with Crippen LogP contribution in [-0.4, -0.2) is 5.78 Å². The number of Topliss-reactive ketones (excluding diaryl/α,β-unsaturated/α-hetero) is 1. The molecule has 0 heterocycles. The van der Waals surface area contributed by atoms with Gasteiger partial charge in [0.1, 0.15) is 0 Å². The van der Waals surface area contributed by atoms with Crippen LogP contribution in [0.25, 0.3) is 0 Å². The van der Waals surface area contributed by atoms with Gasteiger partial charge in [0.2, 0.25) is 0 Å². The zero-order valence-corrected chi connectivity index (χ0v) is 7.58. The topological polar surface area (TPSA) is 17.1 Å². The Balaban J connectivity index is 0.000000354. The average molecular weight is 162 g/mol. The number of rotatable bonds is 1. The van der Waals surface area contributed by atoms with E-state index in [1.165, 1.54) is 0 Å². The van der Waals surface area contributed by atoms with Crippen molar-refractivity contribution in [2.75, 3.05) is 0 Å². The summed E-state index contributed by atoms with van der Waals surface area (Å²) < 4.78 is 0. The molecular weight excluding hydrogens is 148 g/mol. The Kier molecular flexibility index (Phi) is 5.62. The summed E-state index contributed by atoms with van der Waals surface area (Å²) in [4.78, 5) is 10.6. The maximum Gasteiger partial charge on any atom is 0.159 e. The van der Waals surface area contributed by atoms with E-state index < -0.39 is 0 Å². The molecule has 0 aliphatic rings. The first-order chi connectivity index (χ1) is 5.72. The lowest BCUT2D eigenvalue weighted by atomic mass is 10.2. The molecule has 0 N–H and O–H groups in total. The van der Waals surface area contributed by atoms with Crippen molar-refractivity contribution in [3.8, 4) is 0 Å². The Morgan fingerprint density at radius 3 is 2.00 bits per heavy atom. The van der Waals surface area contributed by atoms with Crippen LogP contribution in [0, 0.1) is 0 Å². The summed E-state index contributed by atoms with van der Waals surface area (Å²) in [5.74, 6) is 0.121. The summed E-state index contributed by atoms with van der Waals surface area (Å²) in [6.07, 6.45) is 1.75. The van der Waals surface area contributed by atoms with Gasteiger partial charge in [-0.3, -0.25) is 4.79 Å². The fourth-order valence-corrected chi connectivity index (χ4v) is 0.673. The van der Waals surface area contributed by atoms with Crippen LogP contribution in [0.4, 0.5) is 0 Å². The summed E-state index contributed by atoms with van der Waals surface area (Å²) in [7, 11) is 0. The molecule has 0 aromatic heterocycles. The Morgan fingerprint density at radius 2 is 1.75 bits per heavy atom. The predicted molar refractivity (Wildman–Crippen MR) is 52.3 cm³/mol. The smallest absolute Gasteiger partial charge is 0.159 e. The van der Waals surface area contributed by atoms with E-state index in [9.17, 15) is 4.79 Å². The van der Waals surface area contributed by atoms with E-state index in [1.54, 1.807) is 13.0 Å². The fraction of sp³-hybridized carbons (Fsp3) is 0.182. The van der Waals surface area contributed by atoms with Crippen molar-refractivity contribution in [2.24, 2.45) is 0 Å². The van der Waals surface area contributed by atoms with Gasteiger partial charge in [0.25, 0.3) is 0 Å². The van der Waals surface area contributed by atoms with E-state index in [1.807, 2.05) is 37.3 Å². The predicted octanol–water partition coefficient (Wildman–Crippen LogP) is 3.08. The van der Waals surface area contributed by atoms with Gasteiger partial charge in [0, 0.05) is 5.56 Å². The molecule has 0 saturated carbocycles. The van der Waals surface area contributed by atoms with Crippen LogP contribution in [0.2, 0.25) is 0 Å². The molecular formula is C11H14O. The number of carbonyl (C=O) groups excluding carboxylic acids is 1. The highest BCUT2D eigenvalue weighted by molar-refractivity contribution is 5.93. The van der Waals surface area contributed by atoms with Crippen LogP contribution < -0.4 is 0 Å². The Morgan fingerprint density at radius 1 is 1.33 bits per heavy atom. The number of allylic oxidation sites excluding steroid dienone is 1. The molecule has 1 aromatic rings. The van der Waals surface area contributed by atoms with Gasteiger partial charge >= 0.3 is 0 Å². The van der Waals surface area contributed by atoms with Crippen molar-refractivity contribution in [2.45, 2.75) is 13.8 Å². The van der Waals surface area contributed by atoms with Crippen molar-refractivity contribution in [3.05, 3.63) is 48.6 Å². The van der Waals surface area contributed by atoms with Gasteiger partial charge in [0.15, 0.2) is 5.78 Å². The summed E-state index contributed by atoms with van der Waals surface area (Å²) in [5, 5.41) is 0. The van der Waals surface area contributed by atoms with Crippen LogP contribution in [0.15, 0.2) is 43.0 Å². The first-order valence-electron chi connectivity index (χ1n) is 3.85. The van der Waals surface area contributed by atoms with Crippen molar-refractivity contribution < 1.29 is 4.79 Å². The highest BCUT2D eigenvalue weighted by atomic mass is 16.1. The molecule has 1 nitrogen and oxygen atoms in total. The van der Waals surface area contributed by atoms with E-state index in [0.717, 1.165) is 5.56 Å². The van der Waals surface area contributed by atoms with Crippen molar-refractivity contribution >= 4 is 5.78 Å². The molecule has 0 saturated heterocycles. The van der Waals surface area contributed by atoms with Crippen molar-refractivity contribution in [1.82, 2.24) is 0 Å². The molecule has 12 heavy (non-hydrogen) atoms. The Bertz CT molecular complexity index is 236. The van der Waals surface area contributed by atoms with Crippen molar-refractivity contribution in [3.63, 3.8) is 0 Å². The minimum Gasteiger partial charge on any atom is -0.295 e. The van der Waals surface area contributed by atoms with Crippen LogP contribution in [0.1, 0.15) is 24.2 Å². The van der Waals surface area contributed by atoms with Gasteiger partial charge in [0.05, 0.1) is 0 Å². The lowest BCUT2D eigenvalue weighted by molar-refractivity contribution is 0.101. The molecule has 0 atom stereocenters. The SMILES string of the molecule is C=CC.CC(=O)c1ccccc1. The fourth-order valence-electron chi connectivity index (χ4n) is 0.673. The van der Waals surface area contributed by atoms with Gasteiger partial charge in [-0.25, -0.2) is 0 Å². The molecule has 0 bridgehead atoms. The van der Waals surface area contributed by atoms with Gasteiger partial charge in [-0.15, -0.1) is 6.58 Å². The third-order valence-corrected chi connectivity index (χ3v) is 1.18. The van der Waals surface area contributed by atoms with Crippen LogP contribution >= 0.6 is 0 Å².